The van der Waals surface area contributed by atoms with Crippen LogP contribution in [0.4, 0.5) is 5.69 Å². The van der Waals surface area contributed by atoms with E-state index in [0.29, 0.717) is 22.8 Å². The SMILES string of the molecule is Cc1occc1-c1nnc(SCC(=O)c2ccc([N+](=O)[O-])cc2)o1. The highest BCUT2D eigenvalue weighted by Crippen LogP contribution is 2.26. The summed E-state index contributed by atoms with van der Waals surface area (Å²) in [6.45, 7) is 1.78. The number of furan rings is 1. The molecule has 0 bridgehead atoms. The van der Waals surface area contributed by atoms with Gasteiger partial charge in [-0.25, -0.2) is 0 Å². The molecule has 0 N–H and O–H groups in total. The van der Waals surface area contributed by atoms with Gasteiger partial charge in [0.05, 0.1) is 22.5 Å². The largest absolute Gasteiger partial charge is 0.469 e. The summed E-state index contributed by atoms with van der Waals surface area (Å²) in [4.78, 5) is 22.2. The number of aryl methyl sites for hydroxylation is 1. The Bertz CT molecular complexity index is 885. The molecule has 3 rings (SSSR count). The van der Waals surface area contributed by atoms with Crippen LogP contribution >= 0.6 is 11.8 Å². The number of aromatic nitrogens is 2. The summed E-state index contributed by atoms with van der Waals surface area (Å²) in [5, 5.41) is 18.7. The summed E-state index contributed by atoms with van der Waals surface area (Å²) in [5.74, 6) is 0.891. The van der Waals surface area contributed by atoms with Crippen LogP contribution in [0.15, 0.2) is 50.7 Å². The predicted molar refractivity (Wildman–Crippen MR) is 84.9 cm³/mol. The zero-order chi connectivity index (χ0) is 17.1. The van der Waals surface area contributed by atoms with Crippen molar-refractivity contribution in [1.29, 1.82) is 0 Å². The molecule has 0 fully saturated rings. The van der Waals surface area contributed by atoms with Crippen LogP contribution < -0.4 is 0 Å². The Labute approximate surface area is 140 Å². The molecule has 2 aromatic heterocycles. The lowest BCUT2D eigenvalue weighted by molar-refractivity contribution is -0.384. The Balaban J connectivity index is 1.63. The molecule has 0 spiro atoms. The number of rotatable bonds is 6. The maximum atomic E-state index is 12.1. The number of nitro groups is 1. The first kappa shape index (κ1) is 15.9. The minimum atomic E-state index is -0.513. The highest BCUT2D eigenvalue weighted by molar-refractivity contribution is 7.99. The monoisotopic (exact) mass is 345 g/mol. The third-order valence-corrected chi connectivity index (χ3v) is 4.04. The van der Waals surface area contributed by atoms with Gasteiger partial charge in [0.15, 0.2) is 5.78 Å². The minimum Gasteiger partial charge on any atom is -0.469 e. The highest BCUT2D eigenvalue weighted by Gasteiger charge is 2.15. The first-order valence-electron chi connectivity index (χ1n) is 6.83. The van der Waals surface area contributed by atoms with E-state index in [2.05, 4.69) is 10.2 Å². The fourth-order valence-electron chi connectivity index (χ4n) is 1.96. The average molecular weight is 345 g/mol. The van der Waals surface area contributed by atoms with E-state index < -0.39 is 4.92 Å². The molecule has 0 radical (unpaired) electrons. The van der Waals surface area contributed by atoms with E-state index in [4.69, 9.17) is 8.83 Å². The molecule has 0 saturated carbocycles. The quantitative estimate of drug-likeness (QED) is 0.289. The summed E-state index contributed by atoms with van der Waals surface area (Å²) in [7, 11) is 0. The second kappa shape index (κ2) is 6.67. The van der Waals surface area contributed by atoms with Crippen molar-refractivity contribution in [3.8, 4) is 11.5 Å². The van der Waals surface area contributed by atoms with Crippen molar-refractivity contribution in [1.82, 2.24) is 10.2 Å². The van der Waals surface area contributed by atoms with Crippen LogP contribution in [0.1, 0.15) is 16.1 Å². The molecule has 2 heterocycles. The van der Waals surface area contributed by atoms with Crippen molar-refractivity contribution in [2.45, 2.75) is 12.1 Å². The molecule has 0 amide bonds. The molecule has 122 valence electrons. The standard InChI is InChI=1S/C15H11N3O5S/c1-9-12(6-7-22-9)14-16-17-15(23-14)24-8-13(19)10-2-4-11(5-3-10)18(20)21/h2-7H,8H2,1H3. The zero-order valence-corrected chi connectivity index (χ0v) is 13.3. The number of carbonyl (C=O) groups excluding carboxylic acids is 1. The Kier molecular flexibility index (Phi) is 4.43. The smallest absolute Gasteiger partial charge is 0.277 e. The van der Waals surface area contributed by atoms with Gasteiger partial charge >= 0.3 is 0 Å². The topological polar surface area (TPSA) is 112 Å². The van der Waals surface area contributed by atoms with Crippen LogP contribution in [0, 0.1) is 17.0 Å². The van der Waals surface area contributed by atoms with Crippen molar-refractivity contribution in [3.05, 3.63) is 58.0 Å². The van der Waals surface area contributed by atoms with Gasteiger partial charge in [0.25, 0.3) is 16.8 Å². The van der Waals surface area contributed by atoms with Gasteiger partial charge in [-0.05, 0) is 25.1 Å². The minimum absolute atomic E-state index is 0.0590. The van der Waals surface area contributed by atoms with Gasteiger partial charge in [0.2, 0.25) is 0 Å². The summed E-state index contributed by atoms with van der Waals surface area (Å²) in [6, 6.07) is 7.16. The van der Waals surface area contributed by atoms with Crippen LogP contribution in [0.25, 0.3) is 11.5 Å². The summed E-state index contributed by atoms with van der Waals surface area (Å²) in [5.41, 5.74) is 1.03. The number of ketones is 1. The molecule has 8 nitrogen and oxygen atoms in total. The van der Waals surface area contributed by atoms with Crippen LogP contribution in [0.5, 0.6) is 0 Å². The van der Waals surface area contributed by atoms with Crippen molar-refractivity contribution in [2.75, 3.05) is 5.75 Å². The number of thioether (sulfide) groups is 1. The van der Waals surface area contributed by atoms with Gasteiger partial charge in [0.1, 0.15) is 5.76 Å². The number of Topliss-reactive ketones (excluding diaryl/α,β-unsaturated/α-hetero) is 1. The molecule has 3 aromatic rings. The second-order valence-electron chi connectivity index (χ2n) is 4.78. The van der Waals surface area contributed by atoms with Gasteiger partial charge in [-0.2, -0.15) is 0 Å². The molecule has 9 heteroatoms. The Morgan fingerprint density at radius 2 is 2.00 bits per heavy atom. The first-order chi connectivity index (χ1) is 11.5. The van der Waals surface area contributed by atoms with E-state index >= 15 is 0 Å². The number of carbonyl (C=O) groups is 1. The van der Waals surface area contributed by atoms with Gasteiger partial charge in [-0.3, -0.25) is 14.9 Å². The van der Waals surface area contributed by atoms with E-state index in [9.17, 15) is 14.9 Å². The van der Waals surface area contributed by atoms with Gasteiger partial charge in [0, 0.05) is 17.7 Å². The third kappa shape index (κ3) is 3.35. The van der Waals surface area contributed by atoms with Crippen molar-refractivity contribution < 1.29 is 18.6 Å². The highest BCUT2D eigenvalue weighted by atomic mass is 32.2. The number of non-ortho nitro benzene ring substituents is 1. The van der Waals surface area contributed by atoms with Gasteiger partial charge in [-0.15, -0.1) is 10.2 Å². The third-order valence-electron chi connectivity index (χ3n) is 3.22. The molecule has 0 aliphatic heterocycles. The Morgan fingerprint density at radius 1 is 1.25 bits per heavy atom. The van der Waals surface area contributed by atoms with Crippen LogP contribution in [-0.2, 0) is 0 Å². The van der Waals surface area contributed by atoms with E-state index in [-0.39, 0.29) is 22.4 Å². The van der Waals surface area contributed by atoms with E-state index in [1.165, 1.54) is 30.5 Å². The molecule has 0 atom stereocenters. The maximum absolute atomic E-state index is 12.1. The Hall–Kier alpha value is -2.94. The molecule has 0 saturated heterocycles. The number of nitro benzene ring substituents is 1. The van der Waals surface area contributed by atoms with Gasteiger partial charge in [-0.1, -0.05) is 11.8 Å². The Morgan fingerprint density at radius 3 is 2.62 bits per heavy atom. The lowest BCUT2D eigenvalue weighted by atomic mass is 10.1. The molecule has 24 heavy (non-hydrogen) atoms. The number of hydrogen-bond donors (Lipinski definition) is 0. The molecule has 1 aromatic carbocycles. The molecular weight excluding hydrogens is 334 g/mol. The average Bonchev–Trinajstić information content (AvgIpc) is 3.21. The van der Waals surface area contributed by atoms with E-state index in [0.717, 1.165) is 11.8 Å². The second-order valence-corrected chi connectivity index (χ2v) is 5.71. The lowest BCUT2D eigenvalue weighted by Gasteiger charge is -1.98. The fourth-order valence-corrected chi connectivity index (χ4v) is 2.62. The first-order valence-corrected chi connectivity index (χ1v) is 7.81. The molecule has 0 aliphatic rings. The predicted octanol–water partition coefficient (Wildman–Crippen LogP) is 3.52. The number of benzene rings is 1. The molecular formula is C15H11N3O5S. The molecule has 0 unspecified atom stereocenters. The van der Waals surface area contributed by atoms with E-state index in [1.54, 1.807) is 13.0 Å². The van der Waals surface area contributed by atoms with Crippen molar-refractivity contribution in [3.63, 3.8) is 0 Å². The normalized spacial score (nSPS) is 10.7. The lowest BCUT2D eigenvalue weighted by Crippen LogP contribution is -2.02. The van der Waals surface area contributed by atoms with Crippen LogP contribution in [0.3, 0.4) is 0 Å². The summed E-state index contributed by atoms with van der Waals surface area (Å²) in [6.07, 6.45) is 1.53. The zero-order valence-electron chi connectivity index (χ0n) is 12.5. The molecule has 0 aliphatic carbocycles. The number of nitrogens with zero attached hydrogens (tertiary/aromatic N) is 3. The van der Waals surface area contributed by atoms with Crippen molar-refractivity contribution in [2.24, 2.45) is 0 Å². The van der Waals surface area contributed by atoms with Gasteiger partial charge < -0.3 is 8.83 Å². The van der Waals surface area contributed by atoms with Crippen LogP contribution in [-0.4, -0.2) is 26.7 Å². The summed E-state index contributed by atoms with van der Waals surface area (Å²) >= 11 is 1.10. The van der Waals surface area contributed by atoms with Crippen LogP contribution in [0.2, 0.25) is 0 Å². The summed E-state index contributed by atoms with van der Waals surface area (Å²) < 4.78 is 10.7. The fraction of sp³-hybridized carbons (Fsp3) is 0.133. The van der Waals surface area contributed by atoms with E-state index in [1.807, 2.05) is 0 Å². The number of hydrogen-bond acceptors (Lipinski definition) is 8. The maximum Gasteiger partial charge on any atom is 0.277 e. The van der Waals surface area contributed by atoms with Crippen molar-refractivity contribution >= 4 is 23.2 Å².